The highest BCUT2D eigenvalue weighted by Crippen LogP contribution is 2.37. The number of rotatable bonds is 5. The Balaban J connectivity index is 1.26. The maximum atomic E-state index is 12.6. The molecule has 1 saturated carbocycles. The maximum Gasteiger partial charge on any atom is 0.222 e. The fourth-order valence-electron chi connectivity index (χ4n) is 5.13. The summed E-state index contributed by atoms with van der Waals surface area (Å²) in [5.74, 6) is 1.84. The topological polar surface area (TPSA) is 51.7 Å². The van der Waals surface area contributed by atoms with Crippen molar-refractivity contribution in [3.63, 3.8) is 0 Å². The molecule has 3 aliphatic rings. The number of carbonyl (C=O) groups excluding carboxylic acids is 1. The van der Waals surface area contributed by atoms with Crippen LogP contribution < -0.4 is 4.74 Å². The second-order valence-corrected chi connectivity index (χ2v) is 8.95. The van der Waals surface area contributed by atoms with Crippen molar-refractivity contribution in [1.82, 2.24) is 9.88 Å². The Morgan fingerprint density at radius 3 is 2.79 bits per heavy atom. The van der Waals surface area contributed by atoms with Crippen LogP contribution in [0.2, 0.25) is 0 Å². The van der Waals surface area contributed by atoms with E-state index in [1.54, 1.807) is 0 Å². The molecule has 3 heterocycles. The smallest absolute Gasteiger partial charge is 0.222 e. The molecule has 28 heavy (non-hydrogen) atoms. The third kappa shape index (κ3) is 4.86. The summed E-state index contributed by atoms with van der Waals surface area (Å²) in [6.07, 6.45) is 10.9. The number of ether oxygens (including phenoxy) is 2. The first-order valence-corrected chi connectivity index (χ1v) is 11.1. The summed E-state index contributed by atoms with van der Waals surface area (Å²) in [4.78, 5) is 19.2. The molecule has 0 N–H and O–H groups in total. The van der Waals surface area contributed by atoms with E-state index < -0.39 is 0 Å². The summed E-state index contributed by atoms with van der Waals surface area (Å²) in [5, 5.41) is 0. The lowest BCUT2D eigenvalue weighted by atomic mass is 9.83. The van der Waals surface area contributed by atoms with Crippen LogP contribution in [0, 0.1) is 12.8 Å². The second kappa shape index (κ2) is 8.81. The predicted molar refractivity (Wildman–Crippen MR) is 108 cm³/mol. The summed E-state index contributed by atoms with van der Waals surface area (Å²) in [5.41, 5.74) is 0.846. The number of pyridine rings is 1. The van der Waals surface area contributed by atoms with Crippen molar-refractivity contribution < 1.29 is 14.3 Å². The van der Waals surface area contributed by atoms with Crippen LogP contribution in [0.1, 0.15) is 69.9 Å². The van der Waals surface area contributed by atoms with Gasteiger partial charge in [0, 0.05) is 44.1 Å². The van der Waals surface area contributed by atoms with Gasteiger partial charge in [-0.2, -0.15) is 0 Å². The summed E-state index contributed by atoms with van der Waals surface area (Å²) in [6.45, 7) is 4.35. The van der Waals surface area contributed by atoms with E-state index in [4.69, 9.17) is 9.47 Å². The molecule has 1 atom stereocenters. The molecule has 1 aromatic heterocycles. The Hall–Kier alpha value is -1.62. The minimum atomic E-state index is -0.130. The molecule has 4 rings (SSSR count). The van der Waals surface area contributed by atoms with Crippen molar-refractivity contribution in [2.75, 3.05) is 19.7 Å². The third-order valence-electron chi connectivity index (χ3n) is 6.87. The van der Waals surface area contributed by atoms with Crippen molar-refractivity contribution in [2.45, 2.75) is 82.8 Å². The molecule has 5 nitrogen and oxygen atoms in total. The molecule has 5 heteroatoms. The standard InChI is InChI=1S/C23H34N2O3/c1-18-5-4-8-21(24-18)28-20-11-16-27-23(17-20)12-14-25(15-13-23)22(26)10-9-19-6-2-3-7-19/h4-5,8,19-20H,2-3,6-7,9-17H2,1H3. The van der Waals surface area contributed by atoms with E-state index in [0.717, 1.165) is 69.8 Å². The molecule has 0 radical (unpaired) electrons. The van der Waals surface area contributed by atoms with E-state index in [-0.39, 0.29) is 11.7 Å². The average molecular weight is 387 g/mol. The number of aromatic nitrogens is 1. The molecule has 1 spiro atoms. The molecule has 1 aliphatic carbocycles. The number of piperidine rings is 1. The van der Waals surface area contributed by atoms with Gasteiger partial charge in [0.15, 0.2) is 0 Å². The van der Waals surface area contributed by atoms with Gasteiger partial charge in [-0.05, 0) is 38.2 Å². The lowest BCUT2D eigenvalue weighted by Gasteiger charge is -2.46. The lowest BCUT2D eigenvalue weighted by Crippen LogP contribution is -2.52. The zero-order valence-corrected chi connectivity index (χ0v) is 17.2. The summed E-state index contributed by atoms with van der Waals surface area (Å²) in [7, 11) is 0. The Bertz CT molecular complexity index is 664. The van der Waals surface area contributed by atoms with Crippen LogP contribution in [-0.4, -0.2) is 47.2 Å². The quantitative estimate of drug-likeness (QED) is 0.758. The van der Waals surface area contributed by atoms with Crippen LogP contribution >= 0.6 is 0 Å². The van der Waals surface area contributed by atoms with Crippen molar-refractivity contribution >= 4 is 5.91 Å². The summed E-state index contributed by atoms with van der Waals surface area (Å²) >= 11 is 0. The molecule has 2 aliphatic heterocycles. The van der Waals surface area contributed by atoms with Crippen LogP contribution in [0.3, 0.4) is 0 Å². The van der Waals surface area contributed by atoms with Crippen molar-refractivity contribution in [1.29, 1.82) is 0 Å². The molecule has 0 bridgehead atoms. The molecule has 1 aromatic rings. The Kier molecular flexibility index (Phi) is 6.19. The van der Waals surface area contributed by atoms with E-state index in [0.29, 0.717) is 11.8 Å². The van der Waals surface area contributed by atoms with Gasteiger partial charge in [-0.1, -0.05) is 31.7 Å². The normalized spacial score (nSPS) is 25.2. The number of nitrogens with zero attached hydrogens (tertiary/aromatic N) is 2. The number of carbonyl (C=O) groups is 1. The molecular formula is C23H34N2O3. The Morgan fingerprint density at radius 2 is 2.04 bits per heavy atom. The largest absolute Gasteiger partial charge is 0.474 e. The van der Waals surface area contributed by atoms with Gasteiger partial charge in [0.05, 0.1) is 12.2 Å². The minimum Gasteiger partial charge on any atom is -0.474 e. The van der Waals surface area contributed by atoms with Gasteiger partial charge in [-0.25, -0.2) is 4.98 Å². The lowest BCUT2D eigenvalue weighted by molar-refractivity contribution is -0.151. The second-order valence-electron chi connectivity index (χ2n) is 8.95. The van der Waals surface area contributed by atoms with Gasteiger partial charge in [-0.15, -0.1) is 0 Å². The van der Waals surface area contributed by atoms with Gasteiger partial charge in [0.25, 0.3) is 0 Å². The van der Waals surface area contributed by atoms with E-state index in [1.807, 2.05) is 25.1 Å². The molecular weight excluding hydrogens is 352 g/mol. The van der Waals surface area contributed by atoms with Gasteiger partial charge in [0.2, 0.25) is 11.8 Å². The fraction of sp³-hybridized carbons (Fsp3) is 0.739. The van der Waals surface area contributed by atoms with Crippen LogP contribution in [0.15, 0.2) is 18.2 Å². The molecule has 0 aromatic carbocycles. The highest BCUT2D eigenvalue weighted by atomic mass is 16.5. The van der Waals surface area contributed by atoms with Crippen LogP contribution in [0.5, 0.6) is 5.88 Å². The van der Waals surface area contributed by atoms with Gasteiger partial charge < -0.3 is 14.4 Å². The molecule has 1 unspecified atom stereocenters. The fourth-order valence-corrected chi connectivity index (χ4v) is 5.13. The van der Waals surface area contributed by atoms with E-state index in [2.05, 4.69) is 9.88 Å². The van der Waals surface area contributed by atoms with Gasteiger partial charge in [0.1, 0.15) is 6.10 Å². The van der Waals surface area contributed by atoms with E-state index in [1.165, 1.54) is 25.7 Å². The third-order valence-corrected chi connectivity index (χ3v) is 6.87. The highest BCUT2D eigenvalue weighted by molar-refractivity contribution is 5.76. The van der Waals surface area contributed by atoms with Crippen LogP contribution in [0.25, 0.3) is 0 Å². The van der Waals surface area contributed by atoms with Crippen molar-refractivity contribution in [2.24, 2.45) is 5.92 Å². The molecule has 1 amide bonds. The Labute approximate surface area is 168 Å². The SMILES string of the molecule is Cc1cccc(OC2CCOC3(CCN(C(=O)CCC4CCCC4)CC3)C2)n1. The highest BCUT2D eigenvalue weighted by Gasteiger charge is 2.42. The van der Waals surface area contributed by atoms with Gasteiger partial charge in [-0.3, -0.25) is 4.79 Å². The van der Waals surface area contributed by atoms with Gasteiger partial charge >= 0.3 is 0 Å². The molecule has 154 valence electrons. The van der Waals surface area contributed by atoms with Crippen LogP contribution in [-0.2, 0) is 9.53 Å². The van der Waals surface area contributed by atoms with E-state index >= 15 is 0 Å². The average Bonchev–Trinajstić information content (AvgIpc) is 3.20. The number of hydrogen-bond donors (Lipinski definition) is 0. The molecule has 3 fully saturated rings. The molecule has 2 saturated heterocycles. The predicted octanol–water partition coefficient (Wildman–Crippen LogP) is 4.28. The number of likely N-dealkylation sites (tertiary alicyclic amines) is 1. The van der Waals surface area contributed by atoms with E-state index in [9.17, 15) is 4.79 Å². The monoisotopic (exact) mass is 386 g/mol. The number of hydrogen-bond acceptors (Lipinski definition) is 4. The minimum absolute atomic E-state index is 0.130. The first-order chi connectivity index (χ1) is 13.6. The summed E-state index contributed by atoms with van der Waals surface area (Å²) < 4.78 is 12.4. The van der Waals surface area contributed by atoms with Crippen molar-refractivity contribution in [3.05, 3.63) is 23.9 Å². The zero-order chi connectivity index (χ0) is 19.4. The first-order valence-electron chi connectivity index (χ1n) is 11.1. The number of amides is 1. The summed E-state index contributed by atoms with van der Waals surface area (Å²) in [6, 6.07) is 5.90. The zero-order valence-electron chi connectivity index (χ0n) is 17.2. The van der Waals surface area contributed by atoms with Crippen LogP contribution in [0.4, 0.5) is 0 Å². The maximum absolute atomic E-state index is 12.6. The van der Waals surface area contributed by atoms with Crippen molar-refractivity contribution in [3.8, 4) is 5.88 Å². The first kappa shape index (κ1) is 19.7. The number of aryl methyl sites for hydroxylation is 1. The Morgan fingerprint density at radius 1 is 1.25 bits per heavy atom.